The summed E-state index contributed by atoms with van der Waals surface area (Å²) in [7, 11) is 0. The quantitative estimate of drug-likeness (QED) is 0.788. The SMILES string of the molecule is CC(C)(C)CC(=O)NC1CCCC(N)C1.Cl. The molecule has 16 heavy (non-hydrogen) atoms. The van der Waals surface area contributed by atoms with Gasteiger partial charge in [-0.1, -0.05) is 20.8 Å². The molecule has 1 rings (SSSR count). The van der Waals surface area contributed by atoms with Crippen molar-refractivity contribution in [2.75, 3.05) is 0 Å². The fraction of sp³-hybridized carbons (Fsp3) is 0.917. The molecule has 1 amide bonds. The normalized spacial score (nSPS) is 25.8. The predicted octanol–water partition coefficient (Wildman–Crippen LogP) is 2.23. The van der Waals surface area contributed by atoms with Gasteiger partial charge in [0.25, 0.3) is 0 Å². The monoisotopic (exact) mass is 248 g/mol. The molecule has 0 aromatic heterocycles. The van der Waals surface area contributed by atoms with Crippen LogP contribution in [0.5, 0.6) is 0 Å². The van der Waals surface area contributed by atoms with Crippen LogP contribution in [0.4, 0.5) is 0 Å². The number of nitrogens with one attached hydrogen (secondary N) is 1. The van der Waals surface area contributed by atoms with Crippen LogP contribution >= 0.6 is 12.4 Å². The molecule has 3 nitrogen and oxygen atoms in total. The molecule has 4 heteroatoms. The molecule has 0 heterocycles. The summed E-state index contributed by atoms with van der Waals surface area (Å²) in [4.78, 5) is 11.7. The molecule has 1 saturated carbocycles. The van der Waals surface area contributed by atoms with Gasteiger partial charge in [-0.05, 0) is 31.1 Å². The van der Waals surface area contributed by atoms with E-state index in [1.165, 1.54) is 0 Å². The van der Waals surface area contributed by atoms with Crippen LogP contribution in [0.1, 0.15) is 52.9 Å². The van der Waals surface area contributed by atoms with E-state index >= 15 is 0 Å². The molecule has 0 radical (unpaired) electrons. The Balaban J connectivity index is 0.00000225. The molecule has 0 saturated heterocycles. The minimum Gasteiger partial charge on any atom is -0.353 e. The lowest BCUT2D eigenvalue weighted by Gasteiger charge is -2.28. The first-order valence-electron chi connectivity index (χ1n) is 5.92. The molecule has 0 spiro atoms. The lowest BCUT2D eigenvalue weighted by molar-refractivity contribution is -0.123. The molecule has 2 atom stereocenters. The Bertz CT molecular complexity index is 226. The topological polar surface area (TPSA) is 55.1 Å². The highest BCUT2D eigenvalue weighted by atomic mass is 35.5. The first-order chi connectivity index (χ1) is 6.87. The summed E-state index contributed by atoms with van der Waals surface area (Å²) in [5.74, 6) is 0.168. The van der Waals surface area contributed by atoms with Crippen LogP contribution in [0.3, 0.4) is 0 Å². The van der Waals surface area contributed by atoms with Crippen molar-refractivity contribution in [2.45, 2.75) is 65.0 Å². The largest absolute Gasteiger partial charge is 0.353 e. The van der Waals surface area contributed by atoms with E-state index in [9.17, 15) is 4.79 Å². The fourth-order valence-corrected chi connectivity index (χ4v) is 2.12. The van der Waals surface area contributed by atoms with Crippen molar-refractivity contribution < 1.29 is 4.79 Å². The van der Waals surface area contributed by atoms with Crippen molar-refractivity contribution >= 4 is 18.3 Å². The maximum atomic E-state index is 11.7. The highest BCUT2D eigenvalue weighted by Crippen LogP contribution is 2.20. The lowest BCUT2D eigenvalue weighted by atomic mass is 9.89. The Hall–Kier alpha value is -0.280. The smallest absolute Gasteiger partial charge is 0.220 e. The van der Waals surface area contributed by atoms with E-state index in [-0.39, 0.29) is 29.8 Å². The summed E-state index contributed by atoms with van der Waals surface area (Å²) in [5.41, 5.74) is 5.95. The first-order valence-corrected chi connectivity index (χ1v) is 5.92. The van der Waals surface area contributed by atoms with E-state index in [2.05, 4.69) is 26.1 Å². The molecule has 96 valence electrons. The third kappa shape index (κ3) is 6.33. The van der Waals surface area contributed by atoms with Crippen molar-refractivity contribution in [3.05, 3.63) is 0 Å². The van der Waals surface area contributed by atoms with E-state index < -0.39 is 0 Å². The summed E-state index contributed by atoms with van der Waals surface area (Å²) in [6.45, 7) is 6.25. The minimum atomic E-state index is 0. The molecule has 3 N–H and O–H groups in total. The summed E-state index contributed by atoms with van der Waals surface area (Å²) in [6, 6.07) is 0.585. The van der Waals surface area contributed by atoms with E-state index in [4.69, 9.17) is 5.73 Å². The second-order valence-electron chi connectivity index (χ2n) is 5.93. The van der Waals surface area contributed by atoms with Crippen LogP contribution in [0.2, 0.25) is 0 Å². The third-order valence-electron chi connectivity index (χ3n) is 2.77. The lowest BCUT2D eigenvalue weighted by Crippen LogP contribution is -2.43. The second kappa shape index (κ2) is 6.45. The third-order valence-corrected chi connectivity index (χ3v) is 2.77. The van der Waals surface area contributed by atoms with Crippen LogP contribution in [-0.4, -0.2) is 18.0 Å². The molecular formula is C12H25ClN2O. The number of carbonyl (C=O) groups is 1. The molecule has 2 unspecified atom stereocenters. The number of rotatable bonds is 2. The zero-order valence-electron chi connectivity index (χ0n) is 10.6. The Morgan fingerprint density at radius 3 is 2.50 bits per heavy atom. The van der Waals surface area contributed by atoms with Gasteiger partial charge in [0.05, 0.1) is 0 Å². The van der Waals surface area contributed by atoms with Gasteiger partial charge < -0.3 is 11.1 Å². The maximum absolute atomic E-state index is 11.7. The second-order valence-corrected chi connectivity index (χ2v) is 5.93. The highest BCUT2D eigenvalue weighted by molar-refractivity contribution is 5.85. The molecule has 0 aliphatic heterocycles. The van der Waals surface area contributed by atoms with Crippen molar-refractivity contribution in [3.8, 4) is 0 Å². The molecule has 1 aliphatic carbocycles. The van der Waals surface area contributed by atoms with Gasteiger partial charge >= 0.3 is 0 Å². The predicted molar refractivity (Wildman–Crippen MR) is 69.7 cm³/mol. The zero-order chi connectivity index (χ0) is 11.5. The molecule has 1 aliphatic rings. The Labute approximate surface area is 105 Å². The van der Waals surface area contributed by atoms with Crippen molar-refractivity contribution in [2.24, 2.45) is 11.1 Å². The van der Waals surface area contributed by atoms with E-state index in [0.29, 0.717) is 12.5 Å². The summed E-state index contributed by atoms with van der Waals surface area (Å²) >= 11 is 0. The molecular weight excluding hydrogens is 224 g/mol. The Morgan fingerprint density at radius 1 is 1.38 bits per heavy atom. The van der Waals surface area contributed by atoms with Gasteiger partial charge in [-0.25, -0.2) is 0 Å². The summed E-state index contributed by atoms with van der Waals surface area (Å²) < 4.78 is 0. The number of hydrogen-bond donors (Lipinski definition) is 2. The van der Waals surface area contributed by atoms with Crippen LogP contribution in [0.15, 0.2) is 0 Å². The average Bonchev–Trinajstić information content (AvgIpc) is 1.99. The van der Waals surface area contributed by atoms with E-state index in [1.54, 1.807) is 0 Å². The molecule has 0 aromatic rings. The fourth-order valence-electron chi connectivity index (χ4n) is 2.12. The van der Waals surface area contributed by atoms with Gasteiger partial charge in [0.15, 0.2) is 0 Å². The molecule has 1 fully saturated rings. The number of amides is 1. The van der Waals surface area contributed by atoms with Crippen LogP contribution in [-0.2, 0) is 4.79 Å². The Morgan fingerprint density at radius 2 is 2.00 bits per heavy atom. The average molecular weight is 249 g/mol. The number of nitrogens with two attached hydrogens (primary N) is 1. The van der Waals surface area contributed by atoms with Crippen LogP contribution in [0, 0.1) is 5.41 Å². The Kier molecular flexibility index (Phi) is 6.34. The van der Waals surface area contributed by atoms with Crippen LogP contribution < -0.4 is 11.1 Å². The van der Waals surface area contributed by atoms with E-state index in [0.717, 1.165) is 25.7 Å². The van der Waals surface area contributed by atoms with Gasteiger partial charge in [-0.2, -0.15) is 0 Å². The van der Waals surface area contributed by atoms with Gasteiger partial charge in [-0.3, -0.25) is 4.79 Å². The van der Waals surface area contributed by atoms with E-state index in [1.807, 2.05) is 0 Å². The molecule has 0 aromatic carbocycles. The van der Waals surface area contributed by atoms with Crippen LogP contribution in [0.25, 0.3) is 0 Å². The summed E-state index contributed by atoms with van der Waals surface area (Å²) in [5, 5.41) is 3.09. The first kappa shape index (κ1) is 15.7. The van der Waals surface area contributed by atoms with Gasteiger partial charge in [0.1, 0.15) is 0 Å². The maximum Gasteiger partial charge on any atom is 0.220 e. The van der Waals surface area contributed by atoms with Crippen molar-refractivity contribution in [1.82, 2.24) is 5.32 Å². The minimum absolute atomic E-state index is 0. The van der Waals surface area contributed by atoms with Crippen molar-refractivity contribution in [1.29, 1.82) is 0 Å². The highest BCUT2D eigenvalue weighted by Gasteiger charge is 2.22. The number of carbonyl (C=O) groups excluding carboxylic acids is 1. The van der Waals surface area contributed by atoms with Gasteiger partial charge in [-0.15, -0.1) is 12.4 Å². The number of hydrogen-bond acceptors (Lipinski definition) is 2. The number of halogens is 1. The van der Waals surface area contributed by atoms with Gasteiger partial charge in [0, 0.05) is 18.5 Å². The standard InChI is InChI=1S/C12H24N2O.ClH/c1-12(2,3)8-11(15)14-10-6-4-5-9(13)7-10;/h9-10H,4-8,13H2,1-3H3,(H,14,15);1H. The van der Waals surface area contributed by atoms with Gasteiger partial charge in [0.2, 0.25) is 5.91 Å². The summed E-state index contributed by atoms with van der Waals surface area (Å²) in [6.07, 6.45) is 4.87. The molecule has 0 bridgehead atoms. The zero-order valence-corrected chi connectivity index (χ0v) is 11.4. The van der Waals surface area contributed by atoms with Crippen molar-refractivity contribution in [3.63, 3.8) is 0 Å².